The van der Waals surface area contributed by atoms with Gasteiger partial charge in [0, 0.05) is 34.9 Å². The molecule has 8 nitrogen and oxygen atoms in total. The number of benzene rings is 1. The highest BCUT2D eigenvalue weighted by atomic mass is 35.5. The highest BCUT2D eigenvalue weighted by Gasteiger charge is 2.33. The molecule has 1 aliphatic heterocycles. The van der Waals surface area contributed by atoms with E-state index in [2.05, 4.69) is 10.8 Å². The Morgan fingerprint density at radius 2 is 1.91 bits per heavy atom. The zero-order valence-electron chi connectivity index (χ0n) is 18.9. The standard InChI is InChI=1S/C23H25ClFN5O3S/c1-13-9-18(14-6-7-14)26-21-12-19(27-30(13)21)20-5-3-4-8-29(20)23(31)16-10-15(24)11-17(25)22(16)28-34(2,32)33/h9-12,14,20,28H,3-8H2,1-2H3. The quantitative estimate of drug-likeness (QED) is 0.552. The molecule has 1 aromatic carbocycles. The van der Waals surface area contributed by atoms with Gasteiger partial charge in [-0.25, -0.2) is 22.3 Å². The molecule has 11 heteroatoms. The molecule has 3 aromatic rings. The summed E-state index contributed by atoms with van der Waals surface area (Å²) in [6.07, 6.45) is 5.56. The Morgan fingerprint density at radius 3 is 2.62 bits per heavy atom. The second-order valence-corrected chi connectivity index (χ2v) is 11.3. The van der Waals surface area contributed by atoms with Crippen LogP contribution in [0, 0.1) is 12.7 Å². The molecule has 180 valence electrons. The van der Waals surface area contributed by atoms with Crippen LogP contribution in [0.4, 0.5) is 10.1 Å². The van der Waals surface area contributed by atoms with E-state index in [1.54, 1.807) is 9.42 Å². The van der Waals surface area contributed by atoms with Crippen molar-refractivity contribution in [2.45, 2.75) is 51.0 Å². The number of anilines is 1. The first kappa shape index (κ1) is 23.0. The fourth-order valence-electron chi connectivity index (χ4n) is 4.59. The number of piperidine rings is 1. The number of rotatable bonds is 5. The first-order valence-corrected chi connectivity index (χ1v) is 13.5. The molecule has 1 amide bonds. The van der Waals surface area contributed by atoms with E-state index < -0.39 is 27.4 Å². The Kier molecular flexibility index (Phi) is 5.76. The topological polar surface area (TPSA) is 96.7 Å². The SMILES string of the molecule is Cc1cc(C2CC2)nc2cc(C3CCCCN3C(=O)c3cc(Cl)cc(F)c3NS(C)(=O)=O)nn12. The van der Waals surface area contributed by atoms with Gasteiger partial charge in [0.2, 0.25) is 10.0 Å². The van der Waals surface area contributed by atoms with Crippen molar-refractivity contribution in [2.24, 2.45) is 0 Å². The molecule has 1 atom stereocenters. The summed E-state index contributed by atoms with van der Waals surface area (Å²) in [6, 6.07) is 5.89. The van der Waals surface area contributed by atoms with Crippen LogP contribution in [0.2, 0.25) is 5.02 Å². The average Bonchev–Trinajstić information content (AvgIpc) is 3.53. The van der Waals surface area contributed by atoms with Gasteiger partial charge in [-0.3, -0.25) is 9.52 Å². The summed E-state index contributed by atoms with van der Waals surface area (Å²) in [5, 5.41) is 4.76. The van der Waals surface area contributed by atoms with Crippen LogP contribution in [-0.4, -0.2) is 46.6 Å². The van der Waals surface area contributed by atoms with E-state index >= 15 is 0 Å². The van der Waals surface area contributed by atoms with Gasteiger partial charge in [-0.15, -0.1) is 0 Å². The molecule has 2 fully saturated rings. The molecule has 1 unspecified atom stereocenters. The predicted molar refractivity (Wildman–Crippen MR) is 127 cm³/mol. The van der Waals surface area contributed by atoms with Gasteiger partial charge in [0.15, 0.2) is 5.65 Å². The minimum absolute atomic E-state index is 0.00798. The summed E-state index contributed by atoms with van der Waals surface area (Å²) in [6.45, 7) is 2.42. The van der Waals surface area contributed by atoms with Gasteiger partial charge < -0.3 is 4.90 Å². The summed E-state index contributed by atoms with van der Waals surface area (Å²) >= 11 is 6.03. The molecule has 1 saturated carbocycles. The van der Waals surface area contributed by atoms with E-state index in [4.69, 9.17) is 21.7 Å². The van der Waals surface area contributed by atoms with Crippen LogP contribution in [0.15, 0.2) is 24.3 Å². The number of likely N-dealkylation sites (tertiary alicyclic amines) is 1. The molecule has 2 aromatic heterocycles. The lowest BCUT2D eigenvalue weighted by molar-refractivity contribution is 0.0606. The Labute approximate surface area is 202 Å². The van der Waals surface area contributed by atoms with E-state index in [0.29, 0.717) is 24.6 Å². The Morgan fingerprint density at radius 1 is 1.15 bits per heavy atom. The smallest absolute Gasteiger partial charge is 0.256 e. The van der Waals surface area contributed by atoms with Crippen LogP contribution < -0.4 is 4.72 Å². The maximum absolute atomic E-state index is 14.7. The molecule has 0 radical (unpaired) electrons. The average molecular weight is 506 g/mol. The van der Waals surface area contributed by atoms with Gasteiger partial charge in [0.25, 0.3) is 5.91 Å². The minimum Gasteiger partial charge on any atom is -0.330 e. The summed E-state index contributed by atoms with van der Waals surface area (Å²) in [4.78, 5) is 20.0. The highest BCUT2D eigenvalue weighted by molar-refractivity contribution is 7.92. The van der Waals surface area contributed by atoms with E-state index in [1.165, 1.54) is 6.07 Å². The van der Waals surface area contributed by atoms with Crippen molar-refractivity contribution < 1.29 is 17.6 Å². The molecular formula is C23H25ClFN5O3S. The van der Waals surface area contributed by atoms with Crippen LogP contribution >= 0.6 is 11.6 Å². The number of hydrogen-bond acceptors (Lipinski definition) is 5. The maximum Gasteiger partial charge on any atom is 0.256 e. The molecule has 1 saturated heterocycles. The molecule has 3 heterocycles. The fraction of sp³-hybridized carbons (Fsp3) is 0.435. The van der Waals surface area contributed by atoms with Crippen molar-refractivity contribution in [3.63, 3.8) is 0 Å². The lowest BCUT2D eigenvalue weighted by Crippen LogP contribution is -2.39. The number of amides is 1. The van der Waals surface area contributed by atoms with Gasteiger partial charge in [-0.2, -0.15) is 5.10 Å². The van der Waals surface area contributed by atoms with E-state index in [-0.39, 0.29) is 16.6 Å². The predicted octanol–water partition coefficient (Wildman–Crippen LogP) is 4.45. The molecule has 2 aliphatic rings. The van der Waals surface area contributed by atoms with Crippen molar-refractivity contribution in [3.8, 4) is 0 Å². The largest absolute Gasteiger partial charge is 0.330 e. The number of nitrogens with one attached hydrogen (secondary N) is 1. The van der Waals surface area contributed by atoms with E-state index in [1.807, 2.05) is 13.0 Å². The van der Waals surface area contributed by atoms with Crippen LogP contribution in [0.5, 0.6) is 0 Å². The summed E-state index contributed by atoms with van der Waals surface area (Å²) in [5.41, 5.74) is 2.96. The summed E-state index contributed by atoms with van der Waals surface area (Å²) in [5.74, 6) is -0.902. The Hall–Kier alpha value is -2.72. The maximum atomic E-state index is 14.7. The molecule has 0 spiro atoms. The van der Waals surface area contributed by atoms with Crippen LogP contribution in [0.25, 0.3) is 5.65 Å². The molecule has 1 aliphatic carbocycles. The van der Waals surface area contributed by atoms with Gasteiger partial charge in [0.1, 0.15) is 5.82 Å². The number of aromatic nitrogens is 3. The number of fused-ring (bicyclic) bond motifs is 1. The lowest BCUT2D eigenvalue weighted by Gasteiger charge is -2.35. The zero-order chi connectivity index (χ0) is 24.2. The number of carbonyl (C=O) groups excluding carboxylic acids is 1. The minimum atomic E-state index is -3.82. The number of halogens is 2. The monoisotopic (exact) mass is 505 g/mol. The Balaban J connectivity index is 1.54. The normalized spacial score (nSPS) is 18.9. The van der Waals surface area contributed by atoms with Crippen molar-refractivity contribution in [1.82, 2.24) is 19.5 Å². The number of carbonyl (C=O) groups is 1. The Bertz CT molecular complexity index is 1400. The number of hydrogen-bond donors (Lipinski definition) is 1. The fourth-order valence-corrected chi connectivity index (χ4v) is 5.37. The van der Waals surface area contributed by atoms with Crippen molar-refractivity contribution in [3.05, 3.63) is 57.8 Å². The van der Waals surface area contributed by atoms with Crippen molar-refractivity contribution in [2.75, 3.05) is 17.5 Å². The number of aryl methyl sites for hydroxylation is 1. The van der Waals surface area contributed by atoms with Crippen LogP contribution in [0.3, 0.4) is 0 Å². The second kappa shape index (κ2) is 8.49. The van der Waals surface area contributed by atoms with Gasteiger partial charge in [-0.1, -0.05) is 11.6 Å². The van der Waals surface area contributed by atoms with Crippen LogP contribution in [0.1, 0.15) is 71.5 Å². The van der Waals surface area contributed by atoms with Gasteiger partial charge in [0.05, 0.1) is 29.2 Å². The molecule has 1 N–H and O–H groups in total. The molecule has 34 heavy (non-hydrogen) atoms. The first-order chi connectivity index (χ1) is 16.1. The van der Waals surface area contributed by atoms with Gasteiger partial charge in [-0.05, 0) is 57.2 Å². The summed E-state index contributed by atoms with van der Waals surface area (Å²) in [7, 11) is -3.82. The van der Waals surface area contributed by atoms with E-state index in [9.17, 15) is 17.6 Å². The molecular weight excluding hydrogens is 481 g/mol. The van der Waals surface area contributed by atoms with Crippen molar-refractivity contribution in [1.29, 1.82) is 0 Å². The third kappa shape index (κ3) is 4.48. The van der Waals surface area contributed by atoms with Crippen LogP contribution in [-0.2, 0) is 10.0 Å². The number of sulfonamides is 1. The number of nitrogens with zero attached hydrogens (tertiary/aromatic N) is 4. The van der Waals surface area contributed by atoms with E-state index in [0.717, 1.165) is 55.0 Å². The van der Waals surface area contributed by atoms with Gasteiger partial charge >= 0.3 is 0 Å². The second-order valence-electron chi connectivity index (χ2n) is 9.13. The van der Waals surface area contributed by atoms with Crippen molar-refractivity contribution >= 4 is 38.9 Å². The highest BCUT2D eigenvalue weighted by Crippen LogP contribution is 2.40. The lowest BCUT2D eigenvalue weighted by atomic mass is 9.98. The molecule has 0 bridgehead atoms. The molecule has 5 rings (SSSR count). The zero-order valence-corrected chi connectivity index (χ0v) is 20.5. The summed E-state index contributed by atoms with van der Waals surface area (Å²) < 4.78 is 42.3. The third-order valence-electron chi connectivity index (χ3n) is 6.32. The third-order valence-corrected chi connectivity index (χ3v) is 7.11. The first-order valence-electron chi connectivity index (χ1n) is 11.3.